The molecule has 2 rings (SSSR count). The minimum absolute atomic E-state index is 0.151. The molecule has 0 spiro atoms. The van der Waals surface area contributed by atoms with E-state index in [1.54, 1.807) is 17.4 Å². The van der Waals surface area contributed by atoms with Crippen molar-refractivity contribution in [3.8, 4) is 5.75 Å². The lowest BCUT2D eigenvalue weighted by Crippen LogP contribution is -2.17. The lowest BCUT2D eigenvalue weighted by atomic mass is 10.1. The van der Waals surface area contributed by atoms with Crippen LogP contribution in [0.15, 0.2) is 35.7 Å². The molecule has 0 aliphatic carbocycles. The van der Waals surface area contributed by atoms with Crippen LogP contribution in [0.1, 0.15) is 29.0 Å². The Morgan fingerprint density at radius 3 is 2.71 bits per heavy atom. The first-order valence-electron chi connectivity index (χ1n) is 5.72. The molecule has 0 amide bonds. The van der Waals surface area contributed by atoms with E-state index in [9.17, 15) is 5.11 Å². The van der Waals surface area contributed by atoms with Gasteiger partial charge >= 0.3 is 0 Å². The maximum absolute atomic E-state index is 9.76. The van der Waals surface area contributed by atoms with Crippen LogP contribution in [0.5, 0.6) is 5.75 Å². The van der Waals surface area contributed by atoms with Gasteiger partial charge in [0.1, 0.15) is 5.75 Å². The molecule has 1 aromatic heterocycles. The van der Waals surface area contributed by atoms with Gasteiger partial charge in [-0.25, -0.2) is 0 Å². The van der Waals surface area contributed by atoms with E-state index < -0.39 is 0 Å². The standard InChI is InChI=1S/C14H17NOS/c1-10-7-8-17-14(10)9-15-11(2)12-5-3-4-6-13(12)16/h3-8,11,15-16H,9H2,1-2H3. The molecule has 3 heteroatoms. The minimum Gasteiger partial charge on any atom is -0.508 e. The van der Waals surface area contributed by atoms with E-state index in [2.05, 4.69) is 30.6 Å². The van der Waals surface area contributed by atoms with E-state index in [-0.39, 0.29) is 6.04 Å². The molecule has 1 heterocycles. The number of hydrogen-bond acceptors (Lipinski definition) is 3. The van der Waals surface area contributed by atoms with Gasteiger partial charge in [0, 0.05) is 23.0 Å². The van der Waals surface area contributed by atoms with Crippen molar-refractivity contribution in [2.24, 2.45) is 0 Å². The summed E-state index contributed by atoms with van der Waals surface area (Å²) in [6.45, 7) is 5.04. The van der Waals surface area contributed by atoms with Crippen molar-refractivity contribution < 1.29 is 5.11 Å². The quantitative estimate of drug-likeness (QED) is 0.865. The van der Waals surface area contributed by atoms with Crippen LogP contribution in [0.4, 0.5) is 0 Å². The van der Waals surface area contributed by atoms with Crippen LogP contribution in [-0.2, 0) is 6.54 Å². The Kier molecular flexibility index (Phi) is 3.82. The molecule has 1 atom stereocenters. The number of rotatable bonds is 4. The van der Waals surface area contributed by atoms with Gasteiger partial charge in [0.15, 0.2) is 0 Å². The van der Waals surface area contributed by atoms with E-state index in [0.29, 0.717) is 5.75 Å². The first kappa shape index (κ1) is 12.1. The van der Waals surface area contributed by atoms with Crippen molar-refractivity contribution >= 4 is 11.3 Å². The summed E-state index contributed by atoms with van der Waals surface area (Å²) in [6, 6.07) is 9.75. The zero-order valence-electron chi connectivity index (χ0n) is 10.1. The highest BCUT2D eigenvalue weighted by molar-refractivity contribution is 7.10. The Hall–Kier alpha value is -1.32. The maximum Gasteiger partial charge on any atom is 0.120 e. The predicted octanol–water partition coefficient (Wildman–Crippen LogP) is 3.61. The van der Waals surface area contributed by atoms with Gasteiger partial charge in [-0.3, -0.25) is 0 Å². The fourth-order valence-electron chi connectivity index (χ4n) is 1.79. The van der Waals surface area contributed by atoms with Crippen molar-refractivity contribution in [2.75, 3.05) is 0 Å². The largest absolute Gasteiger partial charge is 0.508 e. The van der Waals surface area contributed by atoms with Gasteiger partial charge in [0.05, 0.1) is 0 Å². The van der Waals surface area contributed by atoms with Gasteiger partial charge in [0.25, 0.3) is 0 Å². The summed E-state index contributed by atoms with van der Waals surface area (Å²) in [5, 5.41) is 15.3. The number of aryl methyl sites for hydroxylation is 1. The molecule has 1 unspecified atom stereocenters. The highest BCUT2D eigenvalue weighted by atomic mass is 32.1. The smallest absolute Gasteiger partial charge is 0.120 e. The number of benzene rings is 1. The Morgan fingerprint density at radius 2 is 2.06 bits per heavy atom. The number of phenols is 1. The lowest BCUT2D eigenvalue weighted by Gasteiger charge is -2.15. The van der Waals surface area contributed by atoms with Crippen molar-refractivity contribution in [3.05, 3.63) is 51.7 Å². The fraction of sp³-hybridized carbons (Fsp3) is 0.286. The predicted molar refractivity (Wildman–Crippen MR) is 72.4 cm³/mol. The number of aromatic hydroxyl groups is 1. The Bertz CT molecular complexity index is 492. The van der Waals surface area contributed by atoms with Gasteiger partial charge < -0.3 is 10.4 Å². The topological polar surface area (TPSA) is 32.3 Å². The highest BCUT2D eigenvalue weighted by Crippen LogP contribution is 2.24. The molecule has 0 radical (unpaired) electrons. The van der Waals surface area contributed by atoms with Crippen LogP contribution < -0.4 is 5.32 Å². The van der Waals surface area contributed by atoms with Crippen LogP contribution in [-0.4, -0.2) is 5.11 Å². The van der Waals surface area contributed by atoms with Crippen LogP contribution in [0.2, 0.25) is 0 Å². The SMILES string of the molecule is Cc1ccsc1CNC(C)c1ccccc1O. The third-order valence-electron chi connectivity index (χ3n) is 2.94. The summed E-state index contributed by atoms with van der Waals surface area (Å²) >= 11 is 1.77. The number of nitrogens with one attached hydrogen (secondary N) is 1. The average molecular weight is 247 g/mol. The van der Waals surface area contributed by atoms with E-state index in [1.807, 2.05) is 18.2 Å². The van der Waals surface area contributed by atoms with E-state index in [1.165, 1.54) is 10.4 Å². The Labute approximate surface area is 106 Å². The van der Waals surface area contributed by atoms with E-state index >= 15 is 0 Å². The molecule has 0 saturated carbocycles. The zero-order chi connectivity index (χ0) is 12.3. The number of para-hydroxylation sites is 1. The van der Waals surface area contributed by atoms with Gasteiger partial charge in [-0.1, -0.05) is 18.2 Å². The van der Waals surface area contributed by atoms with E-state index in [0.717, 1.165) is 12.1 Å². The summed E-state index contributed by atoms with van der Waals surface area (Å²) in [7, 11) is 0. The third kappa shape index (κ3) is 2.87. The minimum atomic E-state index is 0.151. The number of thiophene rings is 1. The van der Waals surface area contributed by atoms with E-state index in [4.69, 9.17) is 0 Å². The summed E-state index contributed by atoms with van der Waals surface area (Å²) < 4.78 is 0. The fourth-order valence-corrected chi connectivity index (χ4v) is 2.65. The highest BCUT2D eigenvalue weighted by Gasteiger charge is 2.09. The second-order valence-corrected chi connectivity index (χ2v) is 5.19. The molecule has 0 saturated heterocycles. The monoisotopic (exact) mass is 247 g/mol. The summed E-state index contributed by atoms with van der Waals surface area (Å²) in [4.78, 5) is 1.35. The molecular weight excluding hydrogens is 230 g/mol. The van der Waals surface area contributed by atoms with Crippen molar-refractivity contribution in [2.45, 2.75) is 26.4 Å². The van der Waals surface area contributed by atoms with Gasteiger partial charge in [-0.2, -0.15) is 0 Å². The van der Waals surface area contributed by atoms with Gasteiger partial charge in [-0.15, -0.1) is 11.3 Å². The molecule has 2 nitrogen and oxygen atoms in total. The first-order valence-corrected chi connectivity index (χ1v) is 6.60. The van der Waals surface area contributed by atoms with Crippen molar-refractivity contribution in [1.29, 1.82) is 0 Å². The van der Waals surface area contributed by atoms with Crippen LogP contribution in [0, 0.1) is 6.92 Å². The molecule has 1 aromatic carbocycles. The molecule has 2 N–H and O–H groups in total. The van der Waals surface area contributed by atoms with Crippen molar-refractivity contribution in [1.82, 2.24) is 5.32 Å². The average Bonchev–Trinajstić information content (AvgIpc) is 2.72. The number of hydrogen-bond donors (Lipinski definition) is 2. The molecular formula is C14H17NOS. The molecule has 90 valence electrons. The molecule has 2 aromatic rings. The third-order valence-corrected chi connectivity index (χ3v) is 3.96. The Morgan fingerprint density at radius 1 is 1.29 bits per heavy atom. The zero-order valence-corrected chi connectivity index (χ0v) is 10.9. The van der Waals surface area contributed by atoms with Gasteiger partial charge in [0.2, 0.25) is 0 Å². The van der Waals surface area contributed by atoms with Crippen molar-refractivity contribution in [3.63, 3.8) is 0 Å². The summed E-state index contributed by atoms with van der Waals surface area (Å²) in [5.41, 5.74) is 2.27. The van der Waals surface area contributed by atoms with Gasteiger partial charge in [-0.05, 0) is 36.9 Å². The summed E-state index contributed by atoms with van der Waals surface area (Å²) in [5.74, 6) is 0.357. The normalized spacial score (nSPS) is 12.6. The van der Waals surface area contributed by atoms with Crippen LogP contribution in [0.25, 0.3) is 0 Å². The second kappa shape index (κ2) is 5.34. The Balaban J connectivity index is 2.01. The van der Waals surface area contributed by atoms with Crippen LogP contribution in [0.3, 0.4) is 0 Å². The first-order chi connectivity index (χ1) is 8.18. The number of phenolic OH excluding ortho intramolecular Hbond substituents is 1. The molecule has 0 fully saturated rings. The maximum atomic E-state index is 9.76. The molecule has 0 aliphatic rings. The summed E-state index contributed by atoms with van der Waals surface area (Å²) in [6.07, 6.45) is 0. The second-order valence-electron chi connectivity index (χ2n) is 4.19. The molecule has 0 aliphatic heterocycles. The molecule has 17 heavy (non-hydrogen) atoms. The lowest BCUT2D eigenvalue weighted by molar-refractivity contribution is 0.452. The van der Waals surface area contributed by atoms with Crippen LogP contribution >= 0.6 is 11.3 Å². The molecule has 0 bridgehead atoms.